The predicted molar refractivity (Wildman–Crippen MR) is 126 cm³/mol. The fourth-order valence-electron chi connectivity index (χ4n) is 3.69. The van der Waals surface area contributed by atoms with E-state index < -0.39 is 0 Å². The maximum Gasteiger partial charge on any atom is 0.255 e. The Morgan fingerprint density at radius 3 is 2.39 bits per heavy atom. The molecule has 1 aliphatic heterocycles. The molecule has 0 spiro atoms. The summed E-state index contributed by atoms with van der Waals surface area (Å²) in [6.45, 7) is 2.17. The smallest absolute Gasteiger partial charge is 0.255 e. The predicted octanol–water partition coefficient (Wildman–Crippen LogP) is 5.43. The van der Waals surface area contributed by atoms with Gasteiger partial charge in [0, 0.05) is 58.3 Å². The number of H-pyrrole nitrogens is 1. The number of aromatic nitrogens is 3. The lowest BCUT2D eigenvalue weighted by Gasteiger charge is -2.27. The van der Waals surface area contributed by atoms with Crippen molar-refractivity contribution in [2.45, 2.75) is 19.5 Å². The van der Waals surface area contributed by atoms with Crippen LogP contribution in [0.4, 0.5) is 0 Å². The van der Waals surface area contributed by atoms with Crippen LogP contribution in [-0.2, 0) is 19.5 Å². The lowest BCUT2D eigenvalue weighted by molar-refractivity contribution is 0.244. The van der Waals surface area contributed by atoms with Gasteiger partial charge in [-0.1, -0.05) is 35.3 Å². The molecule has 1 aliphatic rings. The molecule has 156 valence electrons. The van der Waals surface area contributed by atoms with Crippen LogP contribution in [0.25, 0.3) is 22.0 Å². The minimum atomic E-state index is -0.0780. The van der Waals surface area contributed by atoms with Crippen molar-refractivity contribution in [1.29, 1.82) is 0 Å². The molecule has 2 aromatic heterocycles. The molecule has 0 atom stereocenters. The average Bonchev–Trinajstić information content (AvgIpc) is 3.23. The third-order valence-corrected chi connectivity index (χ3v) is 6.82. The van der Waals surface area contributed by atoms with Gasteiger partial charge in [0.1, 0.15) is 10.8 Å². The molecule has 1 N–H and O–H groups in total. The molecule has 0 unspecified atom stereocenters. The fraction of sp³-hybridized carbons (Fsp3) is 0.174. The lowest BCUT2D eigenvalue weighted by atomic mass is 10.1. The van der Waals surface area contributed by atoms with Crippen molar-refractivity contribution in [1.82, 2.24) is 19.9 Å². The summed E-state index contributed by atoms with van der Waals surface area (Å²) < 4.78 is 0. The van der Waals surface area contributed by atoms with E-state index in [9.17, 15) is 4.79 Å². The number of nitrogens with one attached hydrogen (secondary N) is 1. The zero-order valence-electron chi connectivity index (χ0n) is 16.4. The van der Waals surface area contributed by atoms with E-state index in [2.05, 4.69) is 14.9 Å². The molecular formula is C23H18Cl2N4OS. The van der Waals surface area contributed by atoms with Gasteiger partial charge in [0.25, 0.3) is 5.56 Å². The van der Waals surface area contributed by atoms with Crippen molar-refractivity contribution < 1.29 is 0 Å². The van der Waals surface area contributed by atoms with Gasteiger partial charge in [-0.05, 0) is 36.4 Å². The number of fused-ring (bicyclic) bond motifs is 1. The summed E-state index contributed by atoms with van der Waals surface area (Å²) in [5, 5.41) is 2.34. The van der Waals surface area contributed by atoms with E-state index in [-0.39, 0.29) is 5.56 Å². The number of benzene rings is 2. The van der Waals surface area contributed by atoms with E-state index >= 15 is 0 Å². The number of hydrogen-bond acceptors (Lipinski definition) is 5. The Hall–Kier alpha value is -2.51. The van der Waals surface area contributed by atoms with Gasteiger partial charge >= 0.3 is 0 Å². The minimum absolute atomic E-state index is 0.0780. The van der Waals surface area contributed by atoms with Crippen molar-refractivity contribution in [2.24, 2.45) is 0 Å². The first kappa shape index (κ1) is 20.4. The molecule has 0 amide bonds. The van der Waals surface area contributed by atoms with Crippen LogP contribution in [0.3, 0.4) is 0 Å². The van der Waals surface area contributed by atoms with Gasteiger partial charge in [0.05, 0.1) is 11.3 Å². The summed E-state index contributed by atoms with van der Waals surface area (Å²) in [4.78, 5) is 28.4. The van der Waals surface area contributed by atoms with E-state index in [1.807, 2.05) is 42.6 Å². The van der Waals surface area contributed by atoms with Gasteiger partial charge in [-0.25, -0.2) is 9.97 Å². The van der Waals surface area contributed by atoms with Crippen LogP contribution in [0.15, 0.2) is 59.5 Å². The van der Waals surface area contributed by atoms with Gasteiger partial charge in [0.15, 0.2) is 0 Å². The van der Waals surface area contributed by atoms with Crippen LogP contribution in [0.1, 0.15) is 16.1 Å². The molecule has 5 rings (SSSR count). The van der Waals surface area contributed by atoms with E-state index in [1.165, 1.54) is 0 Å². The maximum absolute atomic E-state index is 12.8. The third-order valence-electron chi connectivity index (χ3n) is 5.29. The van der Waals surface area contributed by atoms with Gasteiger partial charge in [-0.2, -0.15) is 0 Å². The monoisotopic (exact) mass is 468 g/mol. The van der Waals surface area contributed by atoms with Gasteiger partial charge in [-0.3, -0.25) is 9.69 Å². The molecule has 2 aromatic carbocycles. The van der Waals surface area contributed by atoms with Crippen LogP contribution in [0, 0.1) is 0 Å². The number of halogens is 2. The Labute approximate surface area is 193 Å². The second-order valence-corrected chi connectivity index (χ2v) is 9.43. The van der Waals surface area contributed by atoms with E-state index in [1.54, 1.807) is 23.5 Å². The molecule has 0 aliphatic carbocycles. The minimum Gasteiger partial charge on any atom is -0.306 e. The first-order valence-electron chi connectivity index (χ1n) is 9.86. The molecule has 5 nitrogen and oxygen atoms in total. The van der Waals surface area contributed by atoms with Gasteiger partial charge in [-0.15, -0.1) is 11.3 Å². The standard InChI is InChI=1S/C23H18Cl2N4OS/c24-16-5-1-14(2-6-16)21-27-20-9-10-29(13-19(20)22(30)28-21)12-18-11-26-23(31-18)15-3-7-17(25)8-4-15/h1-8,11H,9-10,12-13H2,(H,27,28,30). The van der Waals surface area contributed by atoms with Crippen molar-refractivity contribution in [3.05, 3.63) is 91.3 Å². The molecular weight excluding hydrogens is 451 g/mol. The second kappa shape index (κ2) is 8.55. The normalized spacial score (nSPS) is 13.9. The number of hydrogen-bond donors (Lipinski definition) is 1. The van der Waals surface area contributed by atoms with Gasteiger partial charge < -0.3 is 4.98 Å². The summed E-state index contributed by atoms with van der Waals surface area (Å²) in [6, 6.07) is 15.0. The topological polar surface area (TPSA) is 61.9 Å². The Bertz CT molecular complexity index is 1280. The highest BCUT2D eigenvalue weighted by Gasteiger charge is 2.22. The van der Waals surface area contributed by atoms with Crippen LogP contribution >= 0.6 is 34.5 Å². The molecule has 0 radical (unpaired) electrons. The Kier molecular flexibility index (Phi) is 5.63. The number of aromatic amines is 1. The van der Waals surface area contributed by atoms with Crippen LogP contribution in [-0.4, -0.2) is 26.4 Å². The zero-order valence-corrected chi connectivity index (χ0v) is 18.8. The molecule has 31 heavy (non-hydrogen) atoms. The SMILES string of the molecule is O=c1[nH]c(-c2ccc(Cl)cc2)nc2c1CN(Cc1cnc(-c3ccc(Cl)cc3)s1)CC2. The molecule has 0 saturated heterocycles. The Morgan fingerprint density at radius 1 is 1.00 bits per heavy atom. The molecule has 4 aromatic rings. The third kappa shape index (κ3) is 4.43. The van der Waals surface area contributed by atoms with Crippen molar-refractivity contribution in [3.63, 3.8) is 0 Å². The van der Waals surface area contributed by atoms with Crippen molar-refractivity contribution in [3.8, 4) is 22.0 Å². The highest BCUT2D eigenvalue weighted by Crippen LogP contribution is 2.28. The Balaban J connectivity index is 1.32. The number of nitrogens with zero attached hydrogens (tertiary/aromatic N) is 3. The summed E-state index contributed by atoms with van der Waals surface area (Å²) in [5.74, 6) is 0.587. The highest BCUT2D eigenvalue weighted by atomic mass is 35.5. The van der Waals surface area contributed by atoms with E-state index in [0.717, 1.165) is 51.8 Å². The highest BCUT2D eigenvalue weighted by molar-refractivity contribution is 7.15. The summed E-state index contributed by atoms with van der Waals surface area (Å²) in [5.41, 5.74) is 3.44. The summed E-state index contributed by atoms with van der Waals surface area (Å²) in [6.07, 6.45) is 2.65. The molecule has 0 saturated carbocycles. The second-order valence-electron chi connectivity index (χ2n) is 7.45. The first-order valence-corrected chi connectivity index (χ1v) is 11.4. The number of thiazole rings is 1. The van der Waals surface area contributed by atoms with E-state index in [4.69, 9.17) is 28.2 Å². The molecule has 8 heteroatoms. The van der Waals surface area contributed by atoms with Crippen LogP contribution in [0.5, 0.6) is 0 Å². The van der Waals surface area contributed by atoms with E-state index in [0.29, 0.717) is 22.4 Å². The van der Waals surface area contributed by atoms with Crippen LogP contribution < -0.4 is 5.56 Å². The first-order chi connectivity index (χ1) is 15.0. The van der Waals surface area contributed by atoms with Crippen molar-refractivity contribution in [2.75, 3.05) is 6.54 Å². The fourth-order valence-corrected chi connectivity index (χ4v) is 4.90. The molecule has 3 heterocycles. The Morgan fingerprint density at radius 2 is 1.68 bits per heavy atom. The zero-order chi connectivity index (χ0) is 21.4. The number of rotatable bonds is 4. The van der Waals surface area contributed by atoms with Crippen LogP contribution in [0.2, 0.25) is 10.0 Å². The largest absolute Gasteiger partial charge is 0.306 e. The maximum atomic E-state index is 12.8. The summed E-state index contributed by atoms with van der Waals surface area (Å²) in [7, 11) is 0. The molecule has 0 bridgehead atoms. The quantitative estimate of drug-likeness (QED) is 0.433. The summed E-state index contributed by atoms with van der Waals surface area (Å²) >= 11 is 13.6. The van der Waals surface area contributed by atoms with Gasteiger partial charge in [0.2, 0.25) is 0 Å². The average molecular weight is 469 g/mol. The van der Waals surface area contributed by atoms with Crippen molar-refractivity contribution >= 4 is 34.5 Å². The lowest BCUT2D eigenvalue weighted by Crippen LogP contribution is -2.35. The molecule has 0 fully saturated rings.